The molecule has 4 rings (SSSR count). The van der Waals surface area contributed by atoms with Crippen LogP contribution in [-0.4, -0.2) is 9.55 Å². The van der Waals surface area contributed by atoms with Crippen LogP contribution >= 0.6 is 22.9 Å². The maximum Gasteiger partial charge on any atom is 0.249 e. The molecule has 0 atom stereocenters. The van der Waals surface area contributed by atoms with E-state index in [0.717, 1.165) is 29.3 Å². The first-order valence-corrected chi connectivity index (χ1v) is 9.15. The zero-order valence-corrected chi connectivity index (χ0v) is 15.1. The Morgan fingerprint density at radius 3 is 2.79 bits per heavy atom. The second-order valence-corrected chi connectivity index (χ2v) is 7.49. The van der Waals surface area contributed by atoms with E-state index in [-0.39, 0.29) is 5.56 Å². The van der Waals surface area contributed by atoms with Gasteiger partial charge in [-0.3, -0.25) is 4.79 Å². The van der Waals surface area contributed by atoms with Crippen molar-refractivity contribution in [2.45, 2.75) is 26.8 Å². The summed E-state index contributed by atoms with van der Waals surface area (Å²) in [4.78, 5) is 16.0. The lowest BCUT2D eigenvalue weighted by Gasteiger charge is -2.08. The molecule has 0 unspecified atom stereocenters. The summed E-state index contributed by atoms with van der Waals surface area (Å²) in [5.74, 6) is 0. The summed E-state index contributed by atoms with van der Waals surface area (Å²) >= 11 is 8.20. The third-order valence-corrected chi connectivity index (χ3v) is 5.95. The van der Waals surface area contributed by atoms with Gasteiger partial charge in [-0.15, -0.1) is 11.3 Å². The third-order valence-electron chi connectivity index (χ3n) is 4.71. The summed E-state index contributed by atoms with van der Waals surface area (Å²) in [5.41, 5.74) is 4.26. The van der Waals surface area contributed by atoms with Gasteiger partial charge >= 0.3 is 0 Å². The molecule has 3 nitrogen and oxygen atoms in total. The molecular weight excluding hydrogens is 340 g/mol. The number of fused-ring (bicyclic) bond motifs is 3. The van der Waals surface area contributed by atoms with Gasteiger partial charge in [-0.25, -0.2) is 0 Å². The van der Waals surface area contributed by atoms with Crippen LogP contribution in [0, 0.1) is 13.8 Å². The fraction of sp³-hybridized carbons (Fsp3) is 0.211. The summed E-state index contributed by atoms with van der Waals surface area (Å²) in [6.07, 6.45) is 1.01. The van der Waals surface area contributed by atoms with Crippen molar-refractivity contribution in [1.29, 1.82) is 0 Å². The molecule has 5 heteroatoms. The average molecular weight is 357 g/mol. The summed E-state index contributed by atoms with van der Waals surface area (Å²) < 4.78 is 2.35. The fourth-order valence-electron chi connectivity index (χ4n) is 3.43. The van der Waals surface area contributed by atoms with Crippen LogP contribution in [0.5, 0.6) is 0 Å². The van der Waals surface area contributed by atoms with Gasteiger partial charge < -0.3 is 9.55 Å². The Balaban J connectivity index is 1.94. The first-order valence-electron chi connectivity index (χ1n) is 7.89. The van der Waals surface area contributed by atoms with Crippen molar-refractivity contribution < 1.29 is 0 Å². The van der Waals surface area contributed by atoms with Gasteiger partial charge in [0.25, 0.3) is 0 Å². The quantitative estimate of drug-likeness (QED) is 0.547. The minimum absolute atomic E-state index is 0.168. The van der Waals surface area contributed by atoms with Crippen molar-refractivity contribution in [3.05, 3.63) is 67.2 Å². The van der Waals surface area contributed by atoms with E-state index in [1.807, 2.05) is 6.07 Å². The summed E-state index contributed by atoms with van der Waals surface area (Å²) in [6, 6.07) is 9.76. The van der Waals surface area contributed by atoms with Crippen LogP contribution in [0.4, 0.5) is 0 Å². The van der Waals surface area contributed by atoms with Crippen LogP contribution in [-0.2, 0) is 13.0 Å². The SMILES string of the molecule is Cc1c(C)n(CCc2cccs2)c2ccc3[nH]c(=O)cc(Cl)c3c12. The first-order chi connectivity index (χ1) is 11.6. The Kier molecular flexibility index (Phi) is 3.74. The van der Waals surface area contributed by atoms with E-state index in [1.165, 1.54) is 27.7 Å². The molecule has 0 bridgehead atoms. The Bertz CT molecular complexity index is 1110. The molecular formula is C19H17ClN2OS. The molecule has 0 aliphatic carbocycles. The van der Waals surface area contributed by atoms with E-state index < -0.39 is 0 Å². The monoisotopic (exact) mass is 356 g/mol. The van der Waals surface area contributed by atoms with Gasteiger partial charge in [0.2, 0.25) is 5.56 Å². The number of nitrogens with one attached hydrogen (secondary N) is 1. The molecule has 0 radical (unpaired) electrons. The van der Waals surface area contributed by atoms with E-state index >= 15 is 0 Å². The molecule has 24 heavy (non-hydrogen) atoms. The lowest BCUT2D eigenvalue weighted by molar-refractivity contribution is 0.707. The van der Waals surface area contributed by atoms with Gasteiger partial charge in [-0.1, -0.05) is 17.7 Å². The predicted molar refractivity (Wildman–Crippen MR) is 103 cm³/mol. The van der Waals surface area contributed by atoms with Crippen molar-refractivity contribution in [2.75, 3.05) is 0 Å². The van der Waals surface area contributed by atoms with Gasteiger partial charge in [0.15, 0.2) is 0 Å². The highest BCUT2D eigenvalue weighted by atomic mass is 35.5. The molecule has 0 aliphatic heterocycles. The number of hydrogen-bond acceptors (Lipinski definition) is 2. The number of thiophene rings is 1. The minimum atomic E-state index is -0.168. The Labute approximate surface area is 148 Å². The standard InChI is InChI=1S/C19H17ClN2OS/c1-11-12(2)22(8-7-13-4-3-9-24-13)16-6-5-15-19(18(11)16)14(20)10-17(23)21-15/h3-6,9-10H,7-8H2,1-2H3,(H,21,23). The number of halogens is 1. The number of hydrogen-bond donors (Lipinski definition) is 1. The third kappa shape index (κ3) is 2.38. The van der Waals surface area contributed by atoms with Crippen molar-refractivity contribution >= 4 is 44.7 Å². The number of pyridine rings is 1. The highest BCUT2D eigenvalue weighted by Gasteiger charge is 2.16. The van der Waals surface area contributed by atoms with Crippen LogP contribution in [0.2, 0.25) is 5.02 Å². The van der Waals surface area contributed by atoms with Gasteiger partial charge in [-0.05, 0) is 49.4 Å². The molecule has 1 aromatic carbocycles. The molecule has 0 aliphatic rings. The average Bonchev–Trinajstić information content (AvgIpc) is 3.14. The summed E-state index contributed by atoms with van der Waals surface area (Å²) in [7, 11) is 0. The van der Waals surface area contributed by atoms with Crippen molar-refractivity contribution in [2.24, 2.45) is 0 Å². The van der Waals surface area contributed by atoms with E-state index in [4.69, 9.17) is 11.6 Å². The van der Waals surface area contributed by atoms with Crippen molar-refractivity contribution in [1.82, 2.24) is 9.55 Å². The number of nitrogens with zero attached hydrogens (tertiary/aromatic N) is 1. The minimum Gasteiger partial charge on any atom is -0.344 e. The van der Waals surface area contributed by atoms with Gasteiger partial charge in [0, 0.05) is 39.5 Å². The number of aromatic nitrogens is 2. The first kappa shape index (κ1) is 15.5. The summed E-state index contributed by atoms with van der Waals surface area (Å²) in [6.45, 7) is 5.21. The van der Waals surface area contributed by atoms with E-state index in [1.54, 1.807) is 11.3 Å². The van der Waals surface area contributed by atoms with Crippen LogP contribution in [0.15, 0.2) is 40.5 Å². The lowest BCUT2D eigenvalue weighted by Crippen LogP contribution is -2.04. The van der Waals surface area contributed by atoms with E-state index in [9.17, 15) is 4.79 Å². The molecule has 3 heterocycles. The molecule has 0 saturated heterocycles. The zero-order chi connectivity index (χ0) is 16.8. The summed E-state index contributed by atoms with van der Waals surface area (Å²) in [5, 5.41) is 4.70. The topological polar surface area (TPSA) is 37.8 Å². The Hall–Kier alpha value is -2.04. The molecule has 4 aromatic rings. The van der Waals surface area contributed by atoms with Crippen LogP contribution in [0.25, 0.3) is 21.8 Å². The Morgan fingerprint density at radius 2 is 2.04 bits per heavy atom. The highest BCUT2D eigenvalue weighted by Crippen LogP contribution is 2.34. The van der Waals surface area contributed by atoms with Crippen LogP contribution < -0.4 is 5.56 Å². The fourth-order valence-corrected chi connectivity index (χ4v) is 4.43. The van der Waals surface area contributed by atoms with Crippen molar-refractivity contribution in [3.63, 3.8) is 0 Å². The van der Waals surface area contributed by atoms with Crippen LogP contribution in [0.1, 0.15) is 16.1 Å². The second kappa shape index (κ2) is 5.80. The highest BCUT2D eigenvalue weighted by molar-refractivity contribution is 7.09. The van der Waals surface area contributed by atoms with Gasteiger partial charge in [0.05, 0.1) is 10.5 Å². The number of benzene rings is 1. The lowest BCUT2D eigenvalue weighted by atomic mass is 10.1. The van der Waals surface area contributed by atoms with E-state index in [0.29, 0.717) is 5.02 Å². The molecule has 0 fully saturated rings. The Morgan fingerprint density at radius 1 is 1.21 bits per heavy atom. The van der Waals surface area contributed by atoms with Gasteiger partial charge in [-0.2, -0.15) is 0 Å². The molecule has 0 spiro atoms. The predicted octanol–water partition coefficient (Wildman–Crippen LogP) is 5.06. The molecule has 122 valence electrons. The van der Waals surface area contributed by atoms with Crippen molar-refractivity contribution in [3.8, 4) is 0 Å². The molecule has 1 N–H and O–H groups in total. The second-order valence-electron chi connectivity index (χ2n) is 6.06. The normalized spacial score (nSPS) is 11.6. The zero-order valence-electron chi connectivity index (χ0n) is 13.5. The number of H-pyrrole nitrogens is 1. The maximum atomic E-state index is 11.7. The number of aryl methyl sites for hydroxylation is 3. The van der Waals surface area contributed by atoms with Crippen LogP contribution in [0.3, 0.4) is 0 Å². The molecule has 0 amide bonds. The van der Waals surface area contributed by atoms with E-state index in [2.05, 4.69) is 47.0 Å². The van der Waals surface area contributed by atoms with Gasteiger partial charge in [0.1, 0.15) is 0 Å². The smallest absolute Gasteiger partial charge is 0.249 e. The molecule has 0 saturated carbocycles. The number of aromatic amines is 1. The maximum absolute atomic E-state index is 11.7. The molecule has 3 aromatic heterocycles. The number of rotatable bonds is 3. The largest absolute Gasteiger partial charge is 0.344 e.